The van der Waals surface area contributed by atoms with E-state index in [-0.39, 0.29) is 18.4 Å². The number of ether oxygens (including phenoxy) is 1. The molecule has 0 aromatic rings. The van der Waals surface area contributed by atoms with E-state index in [0.29, 0.717) is 0 Å². The molecule has 0 aromatic heterocycles. The van der Waals surface area contributed by atoms with Crippen LogP contribution in [-0.2, 0) is 14.3 Å². The molecule has 1 aliphatic rings. The van der Waals surface area contributed by atoms with E-state index in [1.807, 2.05) is 0 Å². The second-order valence-electron chi connectivity index (χ2n) is 3.28. The van der Waals surface area contributed by atoms with Crippen molar-refractivity contribution in [1.29, 1.82) is 0 Å². The van der Waals surface area contributed by atoms with Crippen LogP contribution in [0, 0.1) is 0 Å². The summed E-state index contributed by atoms with van der Waals surface area (Å²) in [7, 11) is 0. The van der Waals surface area contributed by atoms with Gasteiger partial charge < -0.3 is 20.1 Å². The number of aliphatic hydroxyl groups excluding tert-OH is 1. The fourth-order valence-electron chi connectivity index (χ4n) is 1.37. The Morgan fingerprint density at radius 2 is 2.13 bits per heavy atom. The summed E-state index contributed by atoms with van der Waals surface area (Å²) >= 11 is 0. The Kier molecular flexibility index (Phi) is 3.81. The van der Waals surface area contributed by atoms with Crippen LogP contribution < -0.4 is 0 Å². The molecule has 0 saturated carbocycles. The van der Waals surface area contributed by atoms with Crippen molar-refractivity contribution in [2.75, 3.05) is 6.61 Å². The highest BCUT2D eigenvalue weighted by molar-refractivity contribution is 5.86. The van der Waals surface area contributed by atoms with Crippen LogP contribution in [-0.4, -0.2) is 46.1 Å². The van der Waals surface area contributed by atoms with E-state index in [2.05, 4.69) is 0 Å². The summed E-state index contributed by atoms with van der Waals surface area (Å²) in [6.07, 6.45) is 0.0354. The summed E-state index contributed by atoms with van der Waals surface area (Å²) in [6, 6.07) is 0. The molecule has 0 aliphatic heterocycles. The van der Waals surface area contributed by atoms with Crippen molar-refractivity contribution < 1.29 is 29.6 Å². The predicted molar refractivity (Wildman–Crippen MR) is 48.3 cm³/mol. The molecule has 0 unspecified atom stereocenters. The lowest BCUT2D eigenvalue weighted by molar-refractivity contribution is -0.147. The number of carbonyl (C=O) groups is 2. The smallest absolute Gasteiger partial charge is 0.331 e. The first-order chi connectivity index (χ1) is 7.00. The van der Waals surface area contributed by atoms with Crippen molar-refractivity contribution in [3.8, 4) is 0 Å². The topological polar surface area (TPSA) is 104 Å². The molecule has 0 spiro atoms. The molecule has 0 heterocycles. The van der Waals surface area contributed by atoms with Crippen molar-refractivity contribution in [2.45, 2.75) is 25.0 Å². The van der Waals surface area contributed by atoms with Gasteiger partial charge in [0.25, 0.3) is 0 Å². The van der Waals surface area contributed by atoms with E-state index in [9.17, 15) is 14.7 Å². The molecule has 6 nitrogen and oxygen atoms in total. The molecule has 0 amide bonds. The minimum absolute atomic E-state index is 0.0315. The first kappa shape index (κ1) is 11.7. The maximum absolute atomic E-state index is 10.6. The maximum atomic E-state index is 10.6. The number of carboxylic acid groups (broad SMARTS) is 2. The SMILES string of the molecule is O=C(O)CO[C@@H]1CC(C(=O)O)=CC[C@H]1O. The van der Waals surface area contributed by atoms with Crippen molar-refractivity contribution in [3.63, 3.8) is 0 Å². The first-order valence-electron chi connectivity index (χ1n) is 4.44. The maximum Gasteiger partial charge on any atom is 0.331 e. The van der Waals surface area contributed by atoms with Crippen molar-refractivity contribution in [3.05, 3.63) is 11.6 Å². The van der Waals surface area contributed by atoms with Gasteiger partial charge in [0.05, 0.1) is 12.2 Å². The van der Waals surface area contributed by atoms with Gasteiger partial charge in [-0.2, -0.15) is 0 Å². The van der Waals surface area contributed by atoms with Crippen LogP contribution in [0.4, 0.5) is 0 Å². The summed E-state index contributed by atoms with van der Waals surface area (Å²) in [5.41, 5.74) is 0.149. The van der Waals surface area contributed by atoms with Gasteiger partial charge in [0.15, 0.2) is 0 Å². The van der Waals surface area contributed by atoms with E-state index >= 15 is 0 Å². The Morgan fingerprint density at radius 3 is 2.67 bits per heavy atom. The Labute approximate surface area is 85.8 Å². The summed E-state index contributed by atoms with van der Waals surface area (Å²) in [6.45, 7) is -0.533. The molecule has 84 valence electrons. The zero-order chi connectivity index (χ0) is 11.4. The first-order valence-corrected chi connectivity index (χ1v) is 4.44. The highest BCUT2D eigenvalue weighted by atomic mass is 16.5. The molecule has 3 N–H and O–H groups in total. The number of aliphatic hydroxyl groups is 1. The van der Waals surface area contributed by atoms with Gasteiger partial charge in [0.1, 0.15) is 6.61 Å². The van der Waals surface area contributed by atoms with E-state index < -0.39 is 30.8 Å². The van der Waals surface area contributed by atoms with Crippen LogP contribution >= 0.6 is 0 Å². The third-order valence-electron chi connectivity index (χ3n) is 2.15. The van der Waals surface area contributed by atoms with Gasteiger partial charge in [-0.3, -0.25) is 0 Å². The number of hydrogen-bond donors (Lipinski definition) is 3. The molecule has 1 aliphatic carbocycles. The highest BCUT2D eigenvalue weighted by Gasteiger charge is 2.27. The molecular formula is C9H12O6. The zero-order valence-corrected chi connectivity index (χ0v) is 7.92. The minimum atomic E-state index is -1.14. The van der Waals surface area contributed by atoms with Crippen molar-refractivity contribution in [2.24, 2.45) is 0 Å². The number of hydrogen-bond acceptors (Lipinski definition) is 4. The van der Waals surface area contributed by atoms with Gasteiger partial charge in [-0.1, -0.05) is 6.08 Å². The van der Waals surface area contributed by atoms with E-state index in [1.54, 1.807) is 0 Å². The Hall–Kier alpha value is -1.40. The van der Waals surface area contributed by atoms with Gasteiger partial charge in [-0.25, -0.2) is 9.59 Å². The van der Waals surface area contributed by atoms with Crippen LogP contribution in [0.3, 0.4) is 0 Å². The number of aliphatic carboxylic acids is 2. The van der Waals surface area contributed by atoms with Crippen LogP contribution in [0.1, 0.15) is 12.8 Å². The summed E-state index contributed by atoms with van der Waals surface area (Å²) < 4.78 is 4.88. The van der Waals surface area contributed by atoms with Crippen LogP contribution in [0.25, 0.3) is 0 Å². The molecule has 0 saturated heterocycles. The molecule has 0 aromatic carbocycles. The van der Waals surface area contributed by atoms with E-state index in [1.165, 1.54) is 6.08 Å². The van der Waals surface area contributed by atoms with Crippen LogP contribution in [0.15, 0.2) is 11.6 Å². The molecule has 1 rings (SSSR count). The van der Waals surface area contributed by atoms with Crippen LogP contribution in [0.2, 0.25) is 0 Å². The van der Waals surface area contributed by atoms with Gasteiger partial charge in [0, 0.05) is 12.0 Å². The zero-order valence-electron chi connectivity index (χ0n) is 7.92. The summed E-state index contributed by atoms with van der Waals surface area (Å²) in [4.78, 5) is 20.8. The second kappa shape index (κ2) is 4.90. The Balaban J connectivity index is 2.55. The van der Waals surface area contributed by atoms with Gasteiger partial charge in [0.2, 0.25) is 0 Å². The van der Waals surface area contributed by atoms with E-state index in [4.69, 9.17) is 14.9 Å². The monoisotopic (exact) mass is 216 g/mol. The second-order valence-corrected chi connectivity index (χ2v) is 3.28. The largest absolute Gasteiger partial charge is 0.480 e. The van der Waals surface area contributed by atoms with Gasteiger partial charge >= 0.3 is 11.9 Å². The fourth-order valence-corrected chi connectivity index (χ4v) is 1.37. The molecule has 0 bridgehead atoms. The summed E-state index contributed by atoms with van der Waals surface area (Å²) in [5.74, 6) is -2.21. The third-order valence-corrected chi connectivity index (χ3v) is 2.15. The van der Waals surface area contributed by atoms with Crippen LogP contribution in [0.5, 0.6) is 0 Å². The molecule has 0 fully saturated rings. The van der Waals surface area contributed by atoms with Gasteiger partial charge in [-0.05, 0) is 6.42 Å². The number of rotatable bonds is 4. The fraction of sp³-hybridized carbons (Fsp3) is 0.556. The highest BCUT2D eigenvalue weighted by Crippen LogP contribution is 2.21. The summed E-state index contributed by atoms with van der Waals surface area (Å²) in [5, 5.41) is 26.5. The standard InChI is InChI=1S/C9H12O6/c10-6-2-1-5(9(13)14)3-7(6)15-4-8(11)12/h1,6-7,10H,2-4H2,(H,11,12)(H,13,14)/t6-,7-/m1/s1. The lowest BCUT2D eigenvalue weighted by Crippen LogP contribution is -2.34. The van der Waals surface area contributed by atoms with Gasteiger partial charge in [-0.15, -0.1) is 0 Å². The minimum Gasteiger partial charge on any atom is -0.480 e. The predicted octanol–water partition coefficient (Wildman–Crippen LogP) is -0.378. The number of carboxylic acids is 2. The Morgan fingerprint density at radius 1 is 1.47 bits per heavy atom. The molecular weight excluding hydrogens is 204 g/mol. The molecule has 15 heavy (non-hydrogen) atoms. The average Bonchev–Trinajstić information content (AvgIpc) is 2.16. The molecule has 0 radical (unpaired) electrons. The van der Waals surface area contributed by atoms with Crippen molar-refractivity contribution >= 4 is 11.9 Å². The third kappa shape index (κ3) is 3.34. The van der Waals surface area contributed by atoms with E-state index in [0.717, 1.165) is 0 Å². The molecule has 6 heteroatoms. The quantitative estimate of drug-likeness (QED) is 0.591. The van der Waals surface area contributed by atoms with Crippen molar-refractivity contribution in [1.82, 2.24) is 0 Å². The normalized spacial score (nSPS) is 25.8. The Bertz CT molecular complexity index is 295. The lowest BCUT2D eigenvalue weighted by atomic mass is 9.94. The lowest BCUT2D eigenvalue weighted by Gasteiger charge is -2.25. The average molecular weight is 216 g/mol. The molecule has 2 atom stereocenters.